The molecule has 0 saturated carbocycles. The fraction of sp³-hybridized carbons (Fsp3) is 0.143. The van der Waals surface area contributed by atoms with Crippen molar-refractivity contribution in [3.63, 3.8) is 0 Å². The molecule has 0 aliphatic carbocycles. The van der Waals surface area contributed by atoms with Crippen molar-refractivity contribution in [3.05, 3.63) is 76.9 Å². The third-order valence-corrected chi connectivity index (χ3v) is 4.47. The van der Waals surface area contributed by atoms with Crippen molar-refractivity contribution in [1.82, 2.24) is 19.5 Å². The molecule has 2 aromatic carbocycles. The van der Waals surface area contributed by atoms with Gasteiger partial charge in [0.1, 0.15) is 11.6 Å². The van der Waals surface area contributed by atoms with Crippen molar-refractivity contribution in [3.8, 4) is 22.8 Å². The van der Waals surface area contributed by atoms with Gasteiger partial charge in [-0.2, -0.15) is 0 Å². The van der Waals surface area contributed by atoms with E-state index in [9.17, 15) is 9.18 Å². The molecule has 7 heteroatoms. The average molecular weight is 376 g/mol. The first-order valence-corrected chi connectivity index (χ1v) is 8.79. The Morgan fingerprint density at radius 2 is 1.86 bits per heavy atom. The van der Waals surface area contributed by atoms with Gasteiger partial charge >= 0.3 is 6.01 Å². The number of halogens is 1. The lowest BCUT2D eigenvalue weighted by molar-refractivity contribution is 0.380. The summed E-state index contributed by atoms with van der Waals surface area (Å²) in [6.45, 7) is 1.91. The number of rotatable bonds is 4. The Kier molecular flexibility index (Phi) is 4.57. The Morgan fingerprint density at radius 1 is 1.11 bits per heavy atom. The monoisotopic (exact) mass is 376 g/mol. The molecule has 4 rings (SSSR count). The van der Waals surface area contributed by atoms with Crippen molar-refractivity contribution >= 4 is 10.9 Å². The number of methoxy groups -OCH3 is 1. The number of nitrogens with zero attached hydrogens (tertiary/aromatic N) is 4. The van der Waals surface area contributed by atoms with Gasteiger partial charge in [0.15, 0.2) is 0 Å². The lowest BCUT2D eigenvalue weighted by Crippen LogP contribution is -2.24. The van der Waals surface area contributed by atoms with Crippen LogP contribution in [0.3, 0.4) is 0 Å². The quantitative estimate of drug-likeness (QED) is 0.545. The average Bonchev–Trinajstić information content (AvgIpc) is 2.73. The van der Waals surface area contributed by atoms with Crippen LogP contribution in [0, 0.1) is 5.82 Å². The molecule has 28 heavy (non-hydrogen) atoms. The van der Waals surface area contributed by atoms with E-state index in [-0.39, 0.29) is 11.6 Å². The molecule has 2 heterocycles. The molecule has 0 radical (unpaired) electrons. The van der Waals surface area contributed by atoms with Crippen LogP contribution in [-0.2, 0) is 6.42 Å². The largest absolute Gasteiger partial charge is 0.467 e. The highest BCUT2D eigenvalue weighted by Gasteiger charge is 2.16. The van der Waals surface area contributed by atoms with E-state index in [1.165, 1.54) is 23.8 Å². The summed E-state index contributed by atoms with van der Waals surface area (Å²) in [5.41, 5.74) is 2.07. The second-order valence-electron chi connectivity index (χ2n) is 6.16. The number of aryl methyl sites for hydroxylation is 1. The van der Waals surface area contributed by atoms with Crippen LogP contribution in [-0.4, -0.2) is 26.6 Å². The van der Waals surface area contributed by atoms with Crippen molar-refractivity contribution in [2.45, 2.75) is 13.3 Å². The maximum absolute atomic E-state index is 13.8. The summed E-state index contributed by atoms with van der Waals surface area (Å²) in [4.78, 5) is 26.4. The summed E-state index contributed by atoms with van der Waals surface area (Å²) < 4.78 is 20.2. The molecule has 0 spiro atoms. The van der Waals surface area contributed by atoms with Crippen LogP contribution in [0.25, 0.3) is 27.7 Å². The molecule has 0 amide bonds. The smallest absolute Gasteiger partial charge is 0.316 e. The number of hydrogen-bond acceptors (Lipinski definition) is 5. The van der Waals surface area contributed by atoms with Crippen LogP contribution in [0.5, 0.6) is 6.01 Å². The van der Waals surface area contributed by atoms with E-state index < -0.39 is 5.82 Å². The van der Waals surface area contributed by atoms with Crippen LogP contribution in [0.4, 0.5) is 4.39 Å². The van der Waals surface area contributed by atoms with Crippen molar-refractivity contribution < 1.29 is 9.13 Å². The number of ether oxygens (including phenoxy) is 1. The van der Waals surface area contributed by atoms with Gasteiger partial charge in [-0.1, -0.05) is 25.1 Å². The summed E-state index contributed by atoms with van der Waals surface area (Å²) >= 11 is 0. The van der Waals surface area contributed by atoms with E-state index in [4.69, 9.17) is 4.74 Å². The Labute approximate surface area is 160 Å². The van der Waals surface area contributed by atoms with Gasteiger partial charge in [-0.25, -0.2) is 19.3 Å². The van der Waals surface area contributed by atoms with Crippen LogP contribution in [0.2, 0.25) is 0 Å². The van der Waals surface area contributed by atoms with Crippen molar-refractivity contribution in [2.24, 2.45) is 0 Å². The minimum Gasteiger partial charge on any atom is -0.467 e. The lowest BCUT2D eigenvalue weighted by Gasteiger charge is -2.14. The standard InChI is InChI=1S/C21H17FN4O2/c1-3-18-25-17-9-5-8-16(13-11-23-21(28-2)24-12-13)19(17)20(27)26(18)15-7-4-6-14(22)10-15/h4-12H,3H2,1-2H3. The van der Waals surface area contributed by atoms with E-state index in [1.54, 1.807) is 30.6 Å². The molecule has 0 aliphatic heterocycles. The van der Waals surface area contributed by atoms with Gasteiger partial charge in [0.2, 0.25) is 0 Å². The summed E-state index contributed by atoms with van der Waals surface area (Å²) in [5, 5.41) is 0.428. The van der Waals surface area contributed by atoms with Gasteiger partial charge in [0.05, 0.1) is 23.7 Å². The number of fused-ring (bicyclic) bond motifs is 1. The minimum absolute atomic E-state index is 0.243. The molecule has 2 aromatic heterocycles. The molecule has 0 bridgehead atoms. The first-order chi connectivity index (χ1) is 13.6. The van der Waals surface area contributed by atoms with E-state index >= 15 is 0 Å². The molecule has 0 saturated heterocycles. The van der Waals surface area contributed by atoms with Gasteiger partial charge in [-0.15, -0.1) is 0 Å². The second kappa shape index (κ2) is 7.19. The Morgan fingerprint density at radius 3 is 2.54 bits per heavy atom. The lowest BCUT2D eigenvalue weighted by atomic mass is 10.0. The third-order valence-electron chi connectivity index (χ3n) is 4.47. The molecule has 0 aliphatic rings. The molecule has 4 aromatic rings. The van der Waals surface area contributed by atoms with Crippen LogP contribution in [0.15, 0.2) is 59.7 Å². The molecular weight excluding hydrogens is 359 g/mol. The summed E-state index contributed by atoms with van der Waals surface area (Å²) in [6, 6.07) is 11.6. The molecule has 6 nitrogen and oxygen atoms in total. The minimum atomic E-state index is -0.414. The zero-order valence-corrected chi connectivity index (χ0v) is 15.4. The maximum atomic E-state index is 13.8. The molecule has 0 fully saturated rings. The maximum Gasteiger partial charge on any atom is 0.316 e. The summed E-state index contributed by atoms with van der Waals surface area (Å²) in [7, 11) is 1.49. The SMILES string of the molecule is CCc1nc2cccc(-c3cnc(OC)nc3)c2c(=O)n1-c1cccc(F)c1. The summed E-state index contributed by atoms with van der Waals surface area (Å²) in [6.07, 6.45) is 3.72. The highest BCUT2D eigenvalue weighted by molar-refractivity contribution is 5.93. The van der Waals surface area contributed by atoms with Gasteiger partial charge < -0.3 is 4.74 Å². The molecule has 140 valence electrons. The first-order valence-electron chi connectivity index (χ1n) is 8.79. The van der Waals surface area contributed by atoms with E-state index in [2.05, 4.69) is 15.0 Å². The number of hydrogen-bond donors (Lipinski definition) is 0. The van der Waals surface area contributed by atoms with E-state index in [0.717, 1.165) is 0 Å². The zero-order chi connectivity index (χ0) is 19.7. The Bertz CT molecular complexity index is 1220. The van der Waals surface area contributed by atoms with Crippen LogP contribution in [0.1, 0.15) is 12.7 Å². The van der Waals surface area contributed by atoms with Crippen molar-refractivity contribution in [1.29, 1.82) is 0 Å². The summed E-state index contributed by atoms with van der Waals surface area (Å²) in [5.74, 6) is 0.148. The first kappa shape index (κ1) is 17.8. The normalized spacial score (nSPS) is 11.0. The molecule has 0 atom stereocenters. The zero-order valence-electron chi connectivity index (χ0n) is 15.4. The number of benzene rings is 2. The van der Waals surface area contributed by atoms with Crippen LogP contribution >= 0.6 is 0 Å². The van der Waals surface area contributed by atoms with Gasteiger partial charge in [-0.05, 0) is 29.8 Å². The predicted molar refractivity (Wildman–Crippen MR) is 104 cm³/mol. The predicted octanol–water partition coefficient (Wildman–Crippen LogP) is 3.55. The fourth-order valence-corrected chi connectivity index (χ4v) is 3.20. The molecular formula is C21H17FN4O2. The van der Waals surface area contributed by atoms with Gasteiger partial charge in [0, 0.05) is 24.4 Å². The molecule has 0 N–H and O–H groups in total. The number of aromatic nitrogens is 4. The third kappa shape index (κ3) is 3.00. The second-order valence-corrected chi connectivity index (χ2v) is 6.16. The van der Waals surface area contributed by atoms with Crippen molar-refractivity contribution in [2.75, 3.05) is 7.11 Å². The molecule has 0 unspecified atom stereocenters. The highest BCUT2D eigenvalue weighted by Crippen LogP contribution is 2.26. The Balaban J connectivity index is 2.04. The highest BCUT2D eigenvalue weighted by atomic mass is 19.1. The fourth-order valence-electron chi connectivity index (χ4n) is 3.20. The van der Waals surface area contributed by atoms with E-state index in [1.807, 2.05) is 19.1 Å². The topological polar surface area (TPSA) is 69.9 Å². The van der Waals surface area contributed by atoms with Gasteiger partial charge in [-0.3, -0.25) is 9.36 Å². The van der Waals surface area contributed by atoms with E-state index in [0.29, 0.717) is 40.0 Å². The Hall–Kier alpha value is -3.61. The van der Waals surface area contributed by atoms with Crippen LogP contribution < -0.4 is 10.3 Å². The van der Waals surface area contributed by atoms with Gasteiger partial charge in [0.25, 0.3) is 5.56 Å².